The molecule has 1 saturated heterocycles. The number of thiazole rings is 1. The molecular weight excluding hydrogens is 224 g/mol. The van der Waals surface area contributed by atoms with Crippen LogP contribution in [0.25, 0.3) is 0 Å². The van der Waals surface area contributed by atoms with Crippen LogP contribution in [0.1, 0.15) is 17.6 Å². The van der Waals surface area contributed by atoms with Gasteiger partial charge in [0.2, 0.25) is 0 Å². The number of aromatic nitrogens is 1. The summed E-state index contributed by atoms with van der Waals surface area (Å²) in [5.41, 5.74) is 6.33. The van der Waals surface area contributed by atoms with Crippen molar-refractivity contribution < 1.29 is 9.53 Å². The zero-order valence-electron chi connectivity index (χ0n) is 9.53. The van der Waals surface area contributed by atoms with Crippen LogP contribution in [-0.4, -0.2) is 30.0 Å². The molecule has 0 saturated carbocycles. The van der Waals surface area contributed by atoms with Gasteiger partial charge in [0, 0.05) is 17.1 Å². The fourth-order valence-corrected chi connectivity index (χ4v) is 2.57. The van der Waals surface area contributed by atoms with Crippen molar-refractivity contribution in [2.24, 2.45) is 11.1 Å². The molecule has 0 aromatic carbocycles. The fraction of sp³-hybridized carbons (Fsp3) is 0.636. The van der Waals surface area contributed by atoms with E-state index in [1.807, 2.05) is 19.2 Å². The zero-order chi connectivity index (χ0) is 11.8. The molecule has 2 unspecified atom stereocenters. The van der Waals surface area contributed by atoms with Gasteiger partial charge in [-0.1, -0.05) is 0 Å². The zero-order valence-corrected chi connectivity index (χ0v) is 10.3. The monoisotopic (exact) mass is 240 g/mol. The summed E-state index contributed by atoms with van der Waals surface area (Å²) in [6.07, 6.45) is 0.367. The SMILES string of the molecule is Cc1csc(CC(=O)C2(C)COCC2N)n1. The lowest BCUT2D eigenvalue weighted by molar-refractivity contribution is -0.127. The van der Waals surface area contributed by atoms with Gasteiger partial charge in [0.1, 0.15) is 10.8 Å². The Morgan fingerprint density at radius 2 is 2.56 bits per heavy atom. The molecule has 0 aliphatic carbocycles. The van der Waals surface area contributed by atoms with Gasteiger partial charge in [-0.25, -0.2) is 4.98 Å². The highest BCUT2D eigenvalue weighted by Crippen LogP contribution is 2.29. The maximum absolute atomic E-state index is 12.2. The third-order valence-corrected chi connectivity index (χ3v) is 4.10. The quantitative estimate of drug-likeness (QED) is 0.853. The van der Waals surface area contributed by atoms with E-state index in [2.05, 4.69) is 4.98 Å². The van der Waals surface area contributed by atoms with E-state index < -0.39 is 5.41 Å². The third-order valence-electron chi connectivity index (χ3n) is 3.13. The first kappa shape index (κ1) is 11.7. The molecule has 1 aliphatic rings. The van der Waals surface area contributed by atoms with Crippen LogP contribution in [0.3, 0.4) is 0 Å². The van der Waals surface area contributed by atoms with Crippen LogP contribution in [0.4, 0.5) is 0 Å². The smallest absolute Gasteiger partial charge is 0.149 e. The van der Waals surface area contributed by atoms with Crippen molar-refractivity contribution in [3.8, 4) is 0 Å². The Hall–Kier alpha value is -0.780. The number of hydrogen-bond donors (Lipinski definition) is 1. The van der Waals surface area contributed by atoms with E-state index in [1.54, 1.807) is 0 Å². The standard InChI is InChI=1S/C11H16N2O2S/c1-7-5-16-10(13-7)3-9(14)11(2)6-15-4-8(11)12/h5,8H,3-4,6,12H2,1-2H3. The van der Waals surface area contributed by atoms with Crippen molar-refractivity contribution in [1.29, 1.82) is 0 Å². The Labute approximate surface area is 98.8 Å². The molecule has 0 bridgehead atoms. The molecule has 2 N–H and O–H groups in total. The average molecular weight is 240 g/mol. The minimum absolute atomic E-state index is 0.131. The van der Waals surface area contributed by atoms with Crippen LogP contribution in [0, 0.1) is 12.3 Å². The van der Waals surface area contributed by atoms with E-state index in [1.165, 1.54) is 11.3 Å². The predicted molar refractivity (Wildman–Crippen MR) is 62.5 cm³/mol. The summed E-state index contributed by atoms with van der Waals surface area (Å²) in [5.74, 6) is 0.131. The first-order valence-corrected chi connectivity index (χ1v) is 6.18. The lowest BCUT2D eigenvalue weighted by Crippen LogP contribution is -2.45. The number of rotatable bonds is 3. The van der Waals surface area contributed by atoms with E-state index in [0.29, 0.717) is 19.6 Å². The van der Waals surface area contributed by atoms with E-state index in [4.69, 9.17) is 10.5 Å². The van der Waals surface area contributed by atoms with Gasteiger partial charge >= 0.3 is 0 Å². The van der Waals surface area contributed by atoms with E-state index >= 15 is 0 Å². The summed E-state index contributed by atoms with van der Waals surface area (Å²) in [5, 5.41) is 2.82. The number of ketones is 1. The van der Waals surface area contributed by atoms with Gasteiger partial charge in [-0.05, 0) is 13.8 Å². The second kappa shape index (κ2) is 4.24. The first-order valence-electron chi connectivity index (χ1n) is 5.30. The first-order chi connectivity index (χ1) is 7.52. The van der Waals surface area contributed by atoms with E-state index in [0.717, 1.165) is 10.7 Å². The highest BCUT2D eigenvalue weighted by atomic mass is 32.1. The molecule has 16 heavy (non-hydrogen) atoms. The Kier molecular flexibility index (Phi) is 3.10. The minimum Gasteiger partial charge on any atom is -0.379 e. The Morgan fingerprint density at radius 3 is 3.06 bits per heavy atom. The highest BCUT2D eigenvalue weighted by Gasteiger charge is 2.43. The molecule has 2 heterocycles. The number of carbonyl (C=O) groups is 1. The molecule has 0 amide bonds. The Morgan fingerprint density at radius 1 is 1.81 bits per heavy atom. The topological polar surface area (TPSA) is 65.2 Å². The number of aryl methyl sites for hydroxylation is 1. The number of Topliss-reactive ketones (excluding diaryl/α,β-unsaturated/α-hetero) is 1. The molecule has 0 radical (unpaired) electrons. The predicted octanol–water partition coefficient (Wildman–Crippen LogP) is 0.927. The summed E-state index contributed by atoms with van der Waals surface area (Å²) in [4.78, 5) is 16.5. The van der Waals surface area contributed by atoms with Gasteiger partial charge in [-0.15, -0.1) is 11.3 Å². The van der Waals surface area contributed by atoms with Crippen molar-refractivity contribution in [2.45, 2.75) is 26.3 Å². The molecule has 2 rings (SSSR count). The van der Waals surface area contributed by atoms with Crippen molar-refractivity contribution in [3.63, 3.8) is 0 Å². The molecule has 1 aliphatic heterocycles. The van der Waals surface area contributed by atoms with Crippen molar-refractivity contribution in [2.75, 3.05) is 13.2 Å². The maximum atomic E-state index is 12.2. The molecule has 1 aromatic heterocycles. The van der Waals surface area contributed by atoms with Crippen molar-refractivity contribution in [1.82, 2.24) is 4.98 Å². The van der Waals surface area contributed by atoms with Gasteiger partial charge in [-0.2, -0.15) is 0 Å². The Bertz CT molecular complexity index is 404. The number of hydrogen-bond acceptors (Lipinski definition) is 5. The summed E-state index contributed by atoms with van der Waals surface area (Å²) in [6, 6.07) is -0.193. The van der Waals surface area contributed by atoms with Crippen LogP contribution in [0.5, 0.6) is 0 Å². The number of nitrogens with zero attached hydrogens (tertiary/aromatic N) is 1. The second-order valence-corrected chi connectivity index (χ2v) is 5.46. The van der Waals surface area contributed by atoms with Crippen LogP contribution in [0.15, 0.2) is 5.38 Å². The van der Waals surface area contributed by atoms with E-state index in [9.17, 15) is 4.79 Å². The fourth-order valence-electron chi connectivity index (χ4n) is 1.80. The molecule has 88 valence electrons. The minimum atomic E-state index is -0.542. The summed E-state index contributed by atoms with van der Waals surface area (Å²) < 4.78 is 5.27. The molecule has 1 fully saturated rings. The third kappa shape index (κ3) is 2.03. The van der Waals surface area contributed by atoms with Crippen LogP contribution in [-0.2, 0) is 16.0 Å². The normalized spacial score (nSPS) is 29.6. The van der Waals surface area contributed by atoms with Crippen LogP contribution in [0.2, 0.25) is 0 Å². The molecule has 1 aromatic rings. The maximum Gasteiger partial charge on any atom is 0.149 e. The second-order valence-electron chi connectivity index (χ2n) is 4.52. The van der Waals surface area contributed by atoms with Gasteiger partial charge in [0.05, 0.1) is 25.0 Å². The Balaban J connectivity index is 2.08. The van der Waals surface area contributed by atoms with Crippen molar-refractivity contribution in [3.05, 3.63) is 16.1 Å². The lowest BCUT2D eigenvalue weighted by Gasteiger charge is -2.24. The number of carbonyl (C=O) groups excluding carboxylic acids is 1. The molecule has 4 nitrogen and oxygen atoms in total. The molecule has 0 spiro atoms. The lowest BCUT2D eigenvalue weighted by atomic mass is 9.80. The van der Waals surface area contributed by atoms with Crippen LogP contribution >= 0.6 is 11.3 Å². The van der Waals surface area contributed by atoms with E-state index in [-0.39, 0.29) is 11.8 Å². The van der Waals surface area contributed by atoms with Gasteiger partial charge in [-0.3, -0.25) is 4.79 Å². The largest absolute Gasteiger partial charge is 0.379 e. The van der Waals surface area contributed by atoms with Crippen molar-refractivity contribution >= 4 is 17.1 Å². The van der Waals surface area contributed by atoms with Gasteiger partial charge < -0.3 is 10.5 Å². The molecule has 2 atom stereocenters. The van der Waals surface area contributed by atoms with Gasteiger partial charge in [0.25, 0.3) is 0 Å². The summed E-state index contributed by atoms with van der Waals surface area (Å²) in [7, 11) is 0. The average Bonchev–Trinajstić information content (AvgIpc) is 2.76. The highest BCUT2D eigenvalue weighted by molar-refractivity contribution is 7.09. The summed E-state index contributed by atoms with van der Waals surface area (Å²) in [6.45, 7) is 4.71. The summed E-state index contributed by atoms with van der Waals surface area (Å²) >= 11 is 1.52. The molecular formula is C11H16N2O2S. The van der Waals surface area contributed by atoms with Crippen LogP contribution < -0.4 is 5.73 Å². The van der Waals surface area contributed by atoms with Gasteiger partial charge in [0.15, 0.2) is 0 Å². The molecule has 5 heteroatoms. The number of nitrogens with two attached hydrogens (primary N) is 1. The number of ether oxygens (including phenoxy) is 1.